The van der Waals surface area contributed by atoms with Crippen LogP contribution in [0.2, 0.25) is 5.02 Å². The van der Waals surface area contributed by atoms with Crippen LogP contribution in [0.3, 0.4) is 0 Å². The van der Waals surface area contributed by atoms with Gasteiger partial charge in [-0.25, -0.2) is 5.01 Å². The zero-order valence-electron chi connectivity index (χ0n) is 15.0. The number of nitrogens with zero attached hydrogens (tertiary/aromatic N) is 2. The number of hydrogen-bond acceptors (Lipinski definition) is 2. The Morgan fingerprint density at radius 1 is 1.00 bits per heavy atom. The highest BCUT2D eigenvalue weighted by Gasteiger charge is 2.38. The van der Waals surface area contributed by atoms with Gasteiger partial charge in [0.1, 0.15) is 0 Å². The number of amides is 1. The predicted molar refractivity (Wildman–Crippen MR) is 114 cm³/mol. The zero-order valence-corrected chi connectivity index (χ0v) is 17.4. The number of alkyl halides is 1. The molecule has 0 N–H and O–H groups in total. The van der Waals surface area contributed by atoms with Gasteiger partial charge < -0.3 is 0 Å². The molecule has 1 amide bonds. The van der Waals surface area contributed by atoms with Gasteiger partial charge in [-0.1, -0.05) is 57.9 Å². The van der Waals surface area contributed by atoms with Crippen LogP contribution in [-0.2, 0) is 0 Å². The van der Waals surface area contributed by atoms with Crippen molar-refractivity contribution in [2.75, 3.05) is 0 Å². The fraction of sp³-hybridized carbons (Fsp3) is 0.364. The summed E-state index contributed by atoms with van der Waals surface area (Å²) in [6.45, 7) is 0. The van der Waals surface area contributed by atoms with Crippen LogP contribution < -0.4 is 0 Å². The summed E-state index contributed by atoms with van der Waals surface area (Å²) in [5.41, 5.74) is 2.74. The van der Waals surface area contributed by atoms with Crippen LogP contribution >= 0.6 is 27.5 Å². The summed E-state index contributed by atoms with van der Waals surface area (Å²) in [5.74, 6) is 0.448. The van der Waals surface area contributed by atoms with E-state index in [1.165, 1.54) is 0 Å². The van der Waals surface area contributed by atoms with Gasteiger partial charge in [0, 0.05) is 21.8 Å². The number of rotatable bonds is 3. The molecule has 0 spiro atoms. The molecule has 1 aliphatic carbocycles. The maximum Gasteiger partial charge on any atom is 0.274 e. The van der Waals surface area contributed by atoms with Crippen molar-refractivity contribution >= 4 is 39.1 Å². The highest BCUT2D eigenvalue weighted by atomic mass is 79.9. The smallest absolute Gasteiger partial charge is 0.267 e. The Bertz CT molecular complexity index is 829. The molecular formula is C22H22BrClN2O. The average Bonchev–Trinajstić information content (AvgIpc) is 3.15. The topological polar surface area (TPSA) is 32.7 Å². The van der Waals surface area contributed by atoms with Crippen molar-refractivity contribution in [2.45, 2.75) is 43.0 Å². The number of carbonyl (C=O) groups excluding carboxylic acids is 1. The van der Waals surface area contributed by atoms with E-state index in [1.807, 2.05) is 18.2 Å². The molecule has 27 heavy (non-hydrogen) atoms. The molecule has 1 heterocycles. The Morgan fingerprint density at radius 2 is 1.67 bits per heavy atom. The van der Waals surface area contributed by atoms with Gasteiger partial charge in [0.2, 0.25) is 0 Å². The maximum atomic E-state index is 13.2. The van der Waals surface area contributed by atoms with Crippen molar-refractivity contribution in [3.63, 3.8) is 0 Å². The number of carbonyl (C=O) groups is 1. The predicted octanol–water partition coefficient (Wildman–Crippen LogP) is 5.91. The summed E-state index contributed by atoms with van der Waals surface area (Å²) in [7, 11) is 0. The molecule has 1 unspecified atom stereocenters. The third kappa shape index (κ3) is 4.12. The van der Waals surface area contributed by atoms with Crippen LogP contribution in [0.5, 0.6) is 0 Å². The third-order valence-corrected chi connectivity index (χ3v) is 6.76. The second-order valence-electron chi connectivity index (χ2n) is 7.35. The quantitative estimate of drug-likeness (QED) is 0.540. The van der Waals surface area contributed by atoms with Crippen molar-refractivity contribution < 1.29 is 4.79 Å². The maximum absolute atomic E-state index is 13.2. The Morgan fingerprint density at radius 3 is 2.33 bits per heavy atom. The summed E-state index contributed by atoms with van der Waals surface area (Å²) in [6, 6.07) is 17.4. The van der Waals surface area contributed by atoms with Gasteiger partial charge in [-0.05, 0) is 61.4 Å². The van der Waals surface area contributed by atoms with Gasteiger partial charge in [-0.2, -0.15) is 5.10 Å². The minimum atomic E-state index is -0.0384. The van der Waals surface area contributed by atoms with E-state index in [1.54, 1.807) is 29.3 Å². The minimum absolute atomic E-state index is 0.0384. The second-order valence-corrected chi connectivity index (χ2v) is 9.08. The number of benzene rings is 2. The van der Waals surface area contributed by atoms with Crippen LogP contribution in [0.15, 0.2) is 59.7 Å². The molecular weight excluding hydrogens is 424 g/mol. The highest BCUT2D eigenvalue weighted by Crippen LogP contribution is 2.37. The summed E-state index contributed by atoms with van der Waals surface area (Å²) < 4.78 is 0. The lowest BCUT2D eigenvalue weighted by molar-refractivity contribution is 0.0627. The molecule has 5 heteroatoms. The summed E-state index contributed by atoms with van der Waals surface area (Å²) in [5, 5.41) is 7.16. The summed E-state index contributed by atoms with van der Waals surface area (Å²) >= 11 is 9.73. The molecule has 4 rings (SSSR count). The molecule has 0 bridgehead atoms. The van der Waals surface area contributed by atoms with Crippen LogP contribution in [0.25, 0.3) is 0 Å². The van der Waals surface area contributed by atoms with Gasteiger partial charge in [0.05, 0.1) is 11.8 Å². The third-order valence-electron chi connectivity index (χ3n) is 5.60. The Balaban J connectivity index is 1.63. The summed E-state index contributed by atoms with van der Waals surface area (Å²) in [6.07, 6.45) is 5.39. The van der Waals surface area contributed by atoms with Gasteiger partial charge in [0.25, 0.3) is 5.91 Å². The first-order valence-electron chi connectivity index (χ1n) is 9.48. The van der Waals surface area contributed by atoms with Crippen molar-refractivity contribution in [1.82, 2.24) is 5.01 Å². The van der Waals surface area contributed by atoms with Gasteiger partial charge >= 0.3 is 0 Å². The largest absolute Gasteiger partial charge is 0.274 e. The van der Waals surface area contributed by atoms with E-state index in [9.17, 15) is 4.79 Å². The van der Waals surface area contributed by atoms with E-state index >= 15 is 0 Å². The Labute approximate surface area is 173 Å². The summed E-state index contributed by atoms with van der Waals surface area (Å²) in [4.78, 5) is 13.8. The molecule has 0 saturated heterocycles. The molecule has 2 aromatic rings. The first-order valence-corrected chi connectivity index (χ1v) is 10.8. The number of halogens is 2. The van der Waals surface area contributed by atoms with Crippen LogP contribution in [0.1, 0.15) is 48.0 Å². The molecule has 3 nitrogen and oxygen atoms in total. The molecule has 2 aromatic carbocycles. The molecule has 140 valence electrons. The van der Waals surface area contributed by atoms with Gasteiger partial charge in [0.15, 0.2) is 0 Å². The Kier molecular flexibility index (Phi) is 5.65. The van der Waals surface area contributed by atoms with E-state index in [0.717, 1.165) is 43.4 Å². The van der Waals surface area contributed by atoms with E-state index in [-0.39, 0.29) is 11.9 Å². The number of hydrazone groups is 1. The monoisotopic (exact) mass is 444 g/mol. The van der Waals surface area contributed by atoms with Gasteiger partial charge in [-0.3, -0.25) is 4.79 Å². The van der Waals surface area contributed by atoms with Crippen LogP contribution in [0.4, 0.5) is 0 Å². The molecule has 0 radical (unpaired) electrons. The van der Waals surface area contributed by atoms with Crippen molar-refractivity contribution in [3.8, 4) is 0 Å². The van der Waals surface area contributed by atoms with Crippen molar-refractivity contribution in [2.24, 2.45) is 11.0 Å². The lowest BCUT2D eigenvalue weighted by Gasteiger charge is -2.33. The lowest BCUT2D eigenvalue weighted by atomic mass is 9.81. The van der Waals surface area contributed by atoms with Crippen molar-refractivity contribution in [1.29, 1.82) is 0 Å². The van der Waals surface area contributed by atoms with Gasteiger partial charge in [-0.15, -0.1) is 0 Å². The second kappa shape index (κ2) is 8.15. The Hall–Kier alpha value is -1.65. The lowest BCUT2D eigenvalue weighted by Crippen LogP contribution is -2.39. The molecule has 2 aliphatic rings. The molecule has 0 aromatic heterocycles. The van der Waals surface area contributed by atoms with E-state index in [0.29, 0.717) is 21.3 Å². The van der Waals surface area contributed by atoms with E-state index in [2.05, 4.69) is 28.1 Å². The van der Waals surface area contributed by atoms with E-state index in [4.69, 9.17) is 16.7 Å². The standard InChI is InChI=1S/C22H22BrClN2O/c23-18-10-6-16(7-11-18)21-14-20(15-4-2-1-3-5-15)25-26(21)22(27)17-8-12-19(24)13-9-17/h1-5,8-9,12-13,16,18,21H,6-7,10-11,14H2. The van der Waals surface area contributed by atoms with E-state index < -0.39 is 0 Å². The minimum Gasteiger partial charge on any atom is -0.267 e. The van der Waals surface area contributed by atoms with Crippen LogP contribution in [-0.4, -0.2) is 27.5 Å². The molecule has 1 saturated carbocycles. The fourth-order valence-electron chi connectivity index (χ4n) is 4.09. The average molecular weight is 446 g/mol. The van der Waals surface area contributed by atoms with Crippen LogP contribution in [0, 0.1) is 5.92 Å². The first kappa shape index (κ1) is 18.7. The first-order chi connectivity index (χ1) is 13.1. The zero-order chi connectivity index (χ0) is 18.8. The molecule has 1 fully saturated rings. The molecule has 1 aliphatic heterocycles. The van der Waals surface area contributed by atoms with Crippen molar-refractivity contribution in [3.05, 3.63) is 70.7 Å². The molecule has 1 atom stereocenters. The normalized spacial score (nSPS) is 25.3. The number of hydrogen-bond donors (Lipinski definition) is 0. The SMILES string of the molecule is O=C(c1ccc(Cl)cc1)N1N=C(c2ccccc2)CC1C1CCC(Br)CC1. The fourth-order valence-corrected chi connectivity index (χ4v) is 4.74. The highest BCUT2D eigenvalue weighted by molar-refractivity contribution is 9.09.